The number of benzene rings is 2. The van der Waals surface area contributed by atoms with Gasteiger partial charge < -0.3 is 4.90 Å². The van der Waals surface area contributed by atoms with E-state index < -0.39 is 54.5 Å². The summed E-state index contributed by atoms with van der Waals surface area (Å²) in [5.74, 6) is -2.81. The van der Waals surface area contributed by atoms with E-state index in [0.717, 1.165) is 19.1 Å². The van der Waals surface area contributed by atoms with Gasteiger partial charge in [0, 0.05) is 6.54 Å². The molecule has 0 N–H and O–H groups in total. The van der Waals surface area contributed by atoms with Crippen molar-refractivity contribution in [2.75, 3.05) is 6.54 Å². The molecule has 2 aliphatic rings. The van der Waals surface area contributed by atoms with E-state index >= 15 is 4.48 Å². The van der Waals surface area contributed by atoms with Gasteiger partial charge >= 0.3 is 12.2 Å². The number of urea groups is 1. The molecule has 11 heteroatoms. The number of imide groups is 1. The minimum atomic E-state index is -4.81. The van der Waals surface area contributed by atoms with Gasteiger partial charge in [-0.25, -0.2) is 9.18 Å². The number of aryl methyl sites for hydroxylation is 1. The fourth-order valence-electron chi connectivity index (χ4n) is 4.45. The lowest BCUT2D eigenvalue weighted by Crippen LogP contribution is -2.51. The standard InChI is InChI=1S/C23H20F5N3O3/c1-14(23(25,26)27)29(12-15-6-8-17(24)9-7-15)19(32)13-30-20(33)22(31(28)21(30)34)11-10-16-4-2-3-5-18(16)22/h2-9,14H,10-13H2,1H3/t14-,22-/m0/s1. The van der Waals surface area contributed by atoms with Crippen molar-refractivity contribution < 1.29 is 36.4 Å². The molecule has 1 fully saturated rings. The lowest BCUT2D eigenvalue weighted by molar-refractivity contribution is -0.187. The molecule has 4 rings (SSSR count). The van der Waals surface area contributed by atoms with E-state index in [1.54, 1.807) is 18.2 Å². The number of carbonyl (C=O) groups excluding carboxylic acids is 3. The van der Waals surface area contributed by atoms with Gasteiger partial charge in [0.25, 0.3) is 5.91 Å². The van der Waals surface area contributed by atoms with Crippen LogP contribution in [0.2, 0.25) is 0 Å². The average Bonchev–Trinajstić information content (AvgIpc) is 3.27. The number of carbonyl (C=O) groups is 3. The maximum Gasteiger partial charge on any atom is 0.408 e. The van der Waals surface area contributed by atoms with Gasteiger partial charge in [0.15, 0.2) is 5.54 Å². The molecule has 1 aliphatic heterocycles. The Morgan fingerprint density at radius 2 is 1.76 bits per heavy atom. The summed E-state index contributed by atoms with van der Waals surface area (Å²) < 4.78 is 68.8. The van der Waals surface area contributed by atoms with Crippen LogP contribution in [0.25, 0.3) is 0 Å². The number of amides is 4. The first-order valence-electron chi connectivity index (χ1n) is 10.5. The average molecular weight is 481 g/mol. The molecule has 4 amide bonds. The SMILES string of the molecule is C[C@H](N(Cc1ccc(F)cc1)C(=O)CN1C(=O)N(F)[C@]2(CCc3ccccc32)C1=O)C(F)(F)F. The predicted molar refractivity (Wildman–Crippen MR) is 109 cm³/mol. The van der Waals surface area contributed by atoms with Crippen molar-refractivity contribution in [2.24, 2.45) is 0 Å². The van der Waals surface area contributed by atoms with Crippen LogP contribution < -0.4 is 0 Å². The van der Waals surface area contributed by atoms with E-state index in [4.69, 9.17) is 0 Å². The van der Waals surface area contributed by atoms with Crippen LogP contribution in [0, 0.1) is 5.82 Å². The lowest BCUT2D eigenvalue weighted by Gasteiger charge is -2.32. The molecule has 2 aromatic carbocycles. The van der Waals surface area contributed by atoms with E-state index in [-0.39, 0.29) is 22.7 Å². The number of nitrogens with zero attached hydrogens (tertiary/aromatic N) is 3. The Bertz CT molecular complexity index is 1140. The Kier molecular flexibility index (Phi) is 5.82. The van der Waals surface area contributed by atoms with Crippen LogP contribution in [0.15, 0.2) is 48.5 Å². The van der Waals surface area contributed by atoms with Crippen molar-refractivity contribution in [1.29, 1.82) is 0 Å². The molecule has 1 aliphatic carbocycles. The molecule has 0 aromatic heterocycles. The molecule has 0 unspecified atom stereocenters. The van der Waals surface area contributed by atoms with Crippen LogP contribution in [0.1, 0.15) is 30.0 Å². The third-order valence-corrected chi connectivity index (χ3v) is 6.37. The van der Waals surface area contributed by atoms with Crippen LogP contribution >= 0.6 is 0 Å². The molecule has 0 bridgehead atoms. The summed E-state index contributed by atoms with van der Waals surface area (Å²) in [5, 5.41) is -0.230. The lowest BCUT2D eigenvalue weighted by atomic mass is 9.91. The second-order valence-corrected chi connectivity index (χ2v) is 8.34. The molecular weight excluding hydrogens is 461 g/mol. The molecular formula is C23H20F5N3O3. The van der Waals surface area contributed by atoms with Gasteiger partial charge in [-0.2, -0.15) is 13.2 Å². The number of hydrogen-bond acceptors (Lipinski definition) is 3. The number of halogens is 5. The highest BCUT2D eigenvalue weighted by molar-refractivity contribution is 6.09. The second kappa shape index (κ2) is 8.37. The monoisotopic (exact) mass is 481 g/mol. The van der Waals surface area contributed by atoms with Gasteiger partial charge in [-0.1, -0.05) is 40.9 Å². The van der Waals surface area contributed by atoms with Crippen LogP contribution in [-0.4, -0.2) is 51.5 Å². The molecule has 1 saturated heterocycles. The summed E-state index contributed by atoms with van der Waals surface area (Å²) in [6.45, 7) is -0.863. The summed E-state index contributed by atoms with van der Waals surface area (Å²) >= 11 is 0. The molecule has 1 heterocycles. The van der Waals surface area contributed by atoms with Crippen LogP contribution in [0.5, 0.6) is 0 Å². The van der Waals surface area contributed by atoms with E-state index in [0.29, 0.717) is 21.8 Å². The van der Waals surface area contributed by atoms with Crippen molar-refractivity contribution in [2.45, 2.75) is 44.1 Å². The first-order valence-corrected chi connectivity index (χ1v) is 10.5. The summed E-state index contributed by atoms with van der Waals surface area (Å²) in [6, 6.07) is 7.32. The molecule has 2 atom stereocenters. The number of rotatable bonds is 5. The van der Waals surface area contributed by atoms with Crippen LogP contribution in [0.4, 0.5) is 26.8 Å². The first kappa shape index (κ1) is 23.7. The maximum absolute atomic E-state index is 15.1. The smallest absolute Gasteiger partial charge is 0.325 e. The zero-order valence-corrected chi connectivity index (χ0v) is 18.0. The zero-order chi connectivity index (χ0) is 24.8. The Morgan fingerprint density at radius 3 is 2.41 bits per heavy atom. The third-order valence-electron chi connectivity index (χ3n) is 6.37. The van der Waals surface area contributed by atoms with Crippen LogP contribution in [-0.2, 0) is 28.1 Å². The highest BCUT2D eigenvalue weighted by Gasteiger charge is 2.62. The van der Waals surface area contributed by atoms with Gasteiger partial charge in [0.1, 0.15) is 18.4 Å². The van der Waals surface area contributed by atoms with E-state index in [1.165, 1.54) is 18.2 Å². The minimum Gasteiger partial charge on any atom is -0.325 e. The number of hydrogen-bond donors (Lipinski definition) is 0. The Morgan fingerprint density at radius 1 is 1.12 bits per heavy atom. The highest BCUT2D eigenvalue weighted by atomic mass is 19.4. The second-order valence-electron chi connectivity index (χ2n) is 8.34. The quantitative estimate of drug-likeness (QED) is 0.367. The van der Waals surface area contributed by atoms with Crippen molar-refractivity contribution in [3.8, 4) is 0 Å². The van der Waals surface area contributed by atoms with Gasteiger partial charge in [-0.3, -0.25) is 14.5 Å². The molecule has 0 saturated carbocycles. The maximum atomic E-state index is 15.1. The third kappa shape index (κ3) is 3.78. The largest absolute Gasteiger partial charge is 0.408 e. The number of alkyl halides is 3. The molecule has 1 spiro atoms. The van der Waals surface area contributed by atoms with E-state index in [1.807, 2.05) is 0 Å². The molecule has 0 radical (unpaired) electrons. The fourth-order valence-corrected chi connectivity index (χ4v) is 4.45. The fraction of sp³-hybridized carbons (Fsp3) is 0.348. The summed E-state index contributed by atoms with van der Waals surface area (Å²) in [6.07, 6.45) is -4.54. The molecule has 2 aromatic rings. The molecule has 6 nitrogen and oxygen atoms in total. The topological polar surface area (TPSA) is 60.9 Å². The van der Waals surface area contributed by atoms with Crippen molar-refractivity contribution in [3.05, 3.63) is 71.0 Å². The van der Waals surface area contributed by atoms with Crippen molar-refractivity contribution >= 4 is 17.8 Å². The Labute approximate surface area is 191 Å². The van der Waals surface area contributed by atoms with Gasteiger partial charge in [-0.15, -0.1) is 5.12 Å². The first-order chi connectivity index (χ1) is 16.0. The van der Waals surface area contributed by atoms with Gasteiger partial charge in [-0.05, 0) is 48.6 Å². The summed E-state index contributed by atoms with van der Waals surface area (Å²) in [7, 11) is 0. The minimum absolute atomic E-state index is 0.0453. The Hall–Kier alpha value is -3.50. The highest BCUT2D eigenvalue weighted by Crippen LogP contribution is 2.47. The summed E-state index contributed by atoms with van der Waals surface area (Å²) in [5.41, 5.74) is -0.773. The summed E-state index contributed by atoms with van der Waals surface area (Å²) in [4.78, 5) is 39.6. The van der Waals surface area contributed by atoms with E-state index in [9.17, 15) is 31.9 Å². The normalized spacial score (nSPS) is 20.8. The van der Waals surface area contributed by atoms with Crippen LogP contribution in [0.3, 0.4) is 0 Å². The zero-order valence-electron chi connectivity index (χ0n) is 18.0. The van der Waals surface area contributed by atoms with E-state index in [2.05, 4.69) is 0 Å². The Balaban J connectivity index is 1.62. The molecule has 34 heavy (non-hydrogen) atoms. The van der Waals surface area contributed by atoms with Crippen molar-refractivity contribution in [1.82, 2.24) is 14.9 Å². The van der Waals surface area contributed by atoms with Crippen molar-refractivity contribution in [3.63, 3.8) is 0 Å². The number of fused-ring (bicyclic) bond motifs is 2. The van der Waals surface area contributed by atoms with Gasteiger partial charge in [0.2, 0.25) is 5.91 Å². The predicted octanol–water partition coefficient (Wildman–Crippen LogP) is 4.10. The molecule has 180 valence electrons. The van der Waals surface area contributed by atoms with Gasteiger partial charge in [0.05, 0.1) is 0 Å².